The van der Waals surface area contributed by atoms with Gasteiger partial charge < -0.3 is 10.1 Å². The fraction of sp³-hybridized carbons (Fsp3) is 0.300. The third-order valence-corrected chi connectivity index (χ3v) is 5.39. The van der Waals surface area contributed by atoms with Crippen molar-refractivity contribution in [3.63, 3.8) is 0 Å². The zero-order chi connectivity index (χ0) is 20.6. The number of carbonyl (C=O) groups excluding carboxylic acids is 2. The number of sulfonamides is 1. The molecule has 0 aliphatic rings. The van der Waals surface area contributed by atoms with E-state index in [4.69, 9.17) is 4.74 Å². The Labute approximate surface area is 165 Å². The predicted octanol–water partition coefficient (Wildman–Crippen LogP) is 1.85. The number of carbonyl (C=O) groups is 2. The maximum atomic E-state index is 12.5. The van der Waals surface area contributed by atoms with Crippen LogP contribution in [0.3, 0.4) is 0 Å². The summed E-state index contributed by atoms with van der Waals surface area (Å²) in [5, 5.41) is 2.64. The molecule has 0 saturated carbocycles. The van der Waals surface area contributed by atoms with Gasteiger partial charge >= 0.3 is 5.97 Å². The van der Waals surface area contributed by atoms with Crippen LogP contribution in [0.2, 0.25) is 0 Å². The topological polar surface area (TPSA) is 102 Å². The van der Waals surface area contributed by atoms with E-state index < -0.39 is 34.5 Å². The molecule has 2 rings (SSSR count). The van der Waals surface area contributed by atoms with Crippen LogP contribution >= 0.6 is 0 Å². The molecule has 1 amide bonds. The molecule has 0 saturated heterocycles. The van der Waals surface area contributed by atoms with Gasteiger partial charge in [-0.3, -0.25) is 9.59 Å². The molecule has 0 heterocycles. The van der Waals surface area contributed by atoms with Gasteiger partial charge in [0.15, 0.2) is 6.61 Å². The lowest BCUT2D eigenvalue weighted by atomic mass is 10.1. The number of hydrogen-bond donors (Lipinski definition) is 2. The van der Waals surface area contributed by atoms with Crippen molar-refractivity contribution in [3.05, 3.63) is 66.2 Å². The lowest BCUT2D eigenvalue weighted by molar-refractivity contribution is -0.151. The van der Waals surface area contributed by atoms with Crippen LogP contribution in [0.15, 0.2) is 65.6 Å². The monoisotopic (exact) mass is 404 g/mol. The zero-order valence-electron chi connectivity index (χ0n) is 15.8. The van der Waals surface area contributed by atoms with E-state index >= 15 is 0 Å². The summed E-state index contributed by atoms with van der Waals surface area (Å²) in [7, 11) is -3.89. The zero-order valence-corrected chi connectivity index (χ0v) is 16.6. The molecule has 2 aromatic rings. The Hall–Kier alpha value is -2.71. The van der Waals surface area contributed by atoms with Gasteiger partial charge in [0.05, 0.1) is 4.90 Å². The quantitative estimate of drug-likeness (QED) is 0.621. The Bertz CT molecular complexity index is 883. The van der Waals surface area contributed by atoms with Crippen LogP contribution in [0, 0.1) is 5.92 Å². The normalized spacial score (nSPS) is 12.4. The summed E-state index contributed by atoms with van der Waals surface area (Å²) in [6, 6.07) is 15.9. The Morgan fingerprint density at radius 3 is 2.11 bits per heavy atom. The standard InChI is InChI=1S/C20H24N2O5S/c1-15(2)19(22-28(25,26)17-11-7-4-8-12-17)20(24)27-14-18(23)21-13-16-9-5-3-6-10-16/h3-12,15,19,22H,13-14H2,1-2H3,(H,21,23)/t19-/m0/s1. The first-order valence-electron chi connectivity index (χ1n) is 8.84. The maximum absolute atomic E-state index is 12.5. The van der Waals surface area contributed by atoms with E-state index in [9.17, 15) is 18.0 Å². The summed E-state index contributed by atoms with van der Waals surface area (Å²) in [6.07, 6.45) is 0. The molecule has 28 heavy (non-hydrogen) atoms. The lowest BCUT2D eigenvalue weighted by Crippen LogP contribution is -2.46. The van der Waals surface area contributed by atoms with E-state index in [1.807, 2.05) is 30.3 Å². The van der Waals surface area contributed by atoms with Crippen LogP contribution in [0.4, 0.5) is 0 Å². The molecule has 0 spiro atoms. The third-order valence-electron chi connectivity index (χ3n) is 3.93. The Kier molecular flexibility index (Phi) is 7.71. The van der Waals surface area contributed by atoms with E-state index in [0.717, 1.165) is 5.56 Å². The van der Waals surface area contributed by atoms with Gasteiger partial charge in [0.1, 0.15) is 6.04 Å². The van der Waals surface area contributed by atoms with Crippen LogP contribution < -0.4 is 10.0 Å². The van der Waals surface area contributed by atoms with Crippen molar-refractivity contribution in [3.8, 4) is 0 Å². The van der Waals surface area contributed by atoms with Crippen molar-refractivity contribution in [2.24, 2.45) is 5.92 Å². The molecule has 7 nitrogen and oxygen atoms in total. The van der Waals surface area contributed by atoms with Crippen LogP contribution in [0.5, 0.6) is 0 Å². The molecule has 0 aromatic heterocycles. The highest BCUT2D eigenvalue weighted by Crippen LogP contribution is 2.12. The molecule has 0 fully saturated rings. The summed E-state index contributed by atoms with van der Waals surface area (Å²) in [4.78, 5) is 24.3. The number of rotatable bonds is 9. The summed E-state index contributed by atoms with van der Waals surface area (Å²) < 4.78 is 32.3. The second-order valence-electron chi connectivity index (χ2n) is 6.53. The molecular weight excluding hydrogens is 380 g/mol. The minimum atomic E-state index is -3.89. The summed E-state index contributed by atoms with van der Waals surface area (Å²) in [5.41, 5.74) is 0.915. The van der Waals surface area contributed by atoms with Crippen molar-refractivity contribution in [1.29, 1.82) is 0 Å². The maximum Gasteiger partial charge on any atom is 0.324 e. The summed E-state index contributed by atoms with van der Waals surface area (Å²) in [5.74, 6) is -1.63. The minimum absolute atomic E-state index is 0.0501. The number of esters is 1. The molecule has 2 N–H and O–H groups in total. The first-order chi connectivity index (χ1) is 13.3. The number of hydrogen-bond acceptors (Lipinski definition) is 5. The van der Waals surface area contributed by atoms with Gasteiger partial charge in [-0.2, -0.15) is 4.72 Å². The van der Waals surface area contributed by atoms with Crippen molar-refractivity contribution in [2.45, 2.75) is 31.3 Å². The third kappa shape index (κ3) is 6.47. The van der Waals surface area contributed by atoms with Gasteiger partial charge in [0, 0.05) is 6.54 Å². The number of ether oxygens (including phenoxy) is 1. The molecular formula is C20H24N2O5S. The van der Waals surface area contributed by atoms with Gasteiger partial charge in [0.25, 0.3) is 5.91 Å². The van der Waals surface area contributed by atoms with E-state index in [2.05, 4.69) is 10.0 Å². The van der Waals surface area contributed by atoms with Crippen LogP contribution in [0.25, 0.3) is 0 Å². The van der Waals surface area contributed by atoms with Gasteiger partial charge in [-0.15, -0.1) is 0 Å². The summed E-state index contributed by atoms with van der Waals surface area (Å²) >= 11 is 0. The molecule has 0 aliphatic carbocycles. The van der Waals surface area contributed by atoms with Crippen molar-refractivity contribution in [1.82, 2.24) is 10.0 Å². The smallest absolute Gasteiger partial charge is 0.324 e. The molecule has 150 valence electrons. The van der Waals surface area contributed by atoms with E-state index in [1.165, 1.54) is 12.1 Å². The highest BCUT2D eigenvalue weighted by atomic mass is 32.2. The molecule has 0 unspecified atom stereocenters. The first kappa shape index (κ1) is 21.6. The second-order valence-corrected chi connectivity index (χ2v) is 8.24. The lowest BCUT2D eigenvalue weighted by Gasteiger charge is -2.20. The van der Waals surface area contributed by atoms with Crippen LogP contribution in [-0.2, 0) is 30.9 Å². The van der Waals surface area contributed by atoms with Gasteiger partial charge in [0.2, 0.25) is 10.0 Å². The Morgan fingerprint density at radius 2 is 1.54 bits per heavy atom. The fourth-order valence-electron chi connectivity index (χ4n) is 2.37. The first-order valence-corrected chi connectivity index (χ1v) is 10.3. The molecule has 1 atom stereocenters. The molecule has 0 bridgehead atoms. The molecule has 0 radical (unpaired) electrons. The molecule has 2 aromatic carbocycles. The summed E-state index contributed by atoms with van der Waals surface area (Å²) in [6.45, 7) is 3.21. The van der Waals surface area contributed by atoms with E-state index in [1.54, 1.807) is 32.0 Å². The SMILES string of the molecule is CC(C)[C@H](NS(=O)(=O)c1ccccc1)C(=O)OCC(=O)NCc1ccccc1. The van der Waals surface area contributed by atoms with E-state index in [0.29, 0.717) is 6.54 Å². The predicted molar refractivity (Wildman–Crippen MR) is 105 cm³/mol. The Morgan fingerprint density at radius 1 is 0.964 bits per heavy atom. The van der Waals surface area contributed by atoms with Crippen LogP contribution in [-0.4, -0.2) is 32.9 Å². The molecule has 0 aliphatic heterocycles. The molecule has 8 heteroatoms. The average Bonchev–Trinajstić information content (AvgIpc) is 2.70. The van der Waals surface area contributed by atoms with E-state index in [-0.39, 0.29) is 10.8 Å². The van der Waals surface area contributed by atoms with Crippen molar-refractivity contribution >= 4 is 21.9 Å². The van der Waals surface area contributed by atoms with Crippen molar-refractivity contribution < 1.29 is 22.7 Å². The largest absolute Gasteiger partial charge is 0.454 e. The Balaban J connectivity index is 1.91. The van der Waals surface area contributed by atoms with Crippen LogP contribution in [0.1, 0.15) is 19.4 Å². The van der Waals surface area contributed by atoms with Crippen molar-refractivity contribution in [2.75, 3.05) is 6.61 Å². The second kappa shape index (κ2) is 10.0. The minimum Gasteiger partial charge on any atom is -0.454 e. The van der Waals surface area contributed by atoms with Gasteiger partial charge in [-0.05, 0) is 23.6 Å². The van der Waals surface area contributed by atoms with Gasteiger partial charge in [-0.25, -0.2) is 8.42 Å². The average molecular weight is 404 g/mol. The number of nitrogens with one attached hydrogen (secondary N) is 2. The highest BCUT2D eigenvalue weighted by Gasteiger charge is 2.30. The number of amides is 1. The van der Waals surface area contributed by atoms with Gasteiger partial charge in [-0.1, -0.05) is 62.4 Å². The number of benzene rings is 2. The fourth-order valence-corrected chi connectivity index (χ4v) is 3.72. The highest BCUT2D eigenvalue weighted by molar-refractivity contribution is 7.89.